The molecule has 4 fully saturated rings. The van der Waals surface area contributed by atoms with Gasteiger partial charge in [-0.25, -0.2) is 4.79 Å². The van der Waals surface area contributed by atoms with Gasteiger partial charge in [0.05, 0.1) is 36.8 Å². The Balaban J connectivity index is 0.000000216. The third-order valence-corrected chi connectivity index (χ3v) is 16.1. The van der Waals surface area contributed by atoms with Gasteiger partial charge in [-0.3, -0.25) is 33.6 Å². The summed E-state index contributed by atoms with van der Waals surface area (Å²) in [5.74, 6) is -3.16. The van der Waals surface area contributed by atoms with Crippen molar-refractivity contribution >= 4 is 80.5 Å². The van der Waals surface area contributed by atoms with Gasteiger partial charge >= 0.3 is 18.0 Å². The number of anilines is 2. The van der Waals surface area contributed by atoms with Crippen LogP contribution in [0.25, 0.3) is 21.5 Å². The van der Waals surface area contributed by atoms with E-state index in [1.165, 1.54) is 0 Å². The van der Waals surface area contributed by atoms with Gasteiger partial charge in [0.15, 0.2) is 0 Å². The first-order chi connectivity index (χ1) is 40.7. The molecule has 18 heteroatoms. The molecule has 4 aliphatic rings. The van der Waals surface area contributed by atoms with Gasteiger partial charge in [-0.05, 0) is 79.6 Å². The predicted octanol–water partition coefficient (Wildman–Crippen LogP) is 9.16. The zero-order valence-electron chi connectivity index (χ0n) is 49.2. The van der Waals surface area contributed by atoms with Crippen molar-refractivity contribution in [2.75, 3.05) is 36.8 Å². The first-order valence-electron chi connectivity index (χ1n) is 29.3. The number of nitrogens with one attached hydrogen (secondary N) is 4. The highest BCUT2D eigenvalue weighted by atomic mass is 16.6. The third kappa shape index (κ3) is 15.2. The topological polar surface area (TPSA) is 222 Å². The number of nitrogens with zero attached hydrogens (tertiary/aromatic N) is 3. The Labute approximate surface area is 496 Å². The fourth-order valence-electron chi connectivity index (χ4n) is 12.0. The highest BCUT2D eigenvalue weighted by Crippen LogP contribution is 2.39. The number of fused-ring (bicyclic) bond motifs is 4. The molecule has 4 aliphatic heterocycles. The molecule has 18 nitrogen and oxygen atoms in total. The van der Waals surface area contributed by atoms with E-state index in [2.05, 4.69) is 21.3 Å². The summed E-state index contributed by atoms with van der Waals surface area (Å²) in [6.07, 6.45) is 0.436. The largest absolute Gasteiger partial charge is 0.461 e. The van der Waals surface area contributed by atoms with Crippen molar-refractivity contribution in [2.45, 2.75) is 129 Å². The van der Waals surface area contributed by atoms with E-state index < -0.39 is 53.1 Å². The number of likely N-dealkylation sites (tertiary alicyclic amines) is 3. The SMILES string of the molecule is CC(C)(C)OC(=O)N[C@H](C(=O)N1CC[C@@H]2[C@H]1[C@@H](C(=O)Nc1cccc3ccccc13)CN2C(=O)CCC(=O)OCc1ccccc1)C(C)(C)C.O=C(CCC(=O)N1C[C@H](C(=O)Nc2cccc3ccccc23)[C@H]2NCC[C@H]21)OCc1ccccc1. The Morgan fingerprint density at radius 3 is 1.53 bits per heavy atom. The average molecular weight is 1160 g/mol. The van der Waals surface area contributed by atoms with E-state index in [1.807, 2.05) is 166 Å². The van der Waals surface area contributed by atoms with Gasteiger partial charge in [-0.2, -0.15) is 0 Å². The Morgan fingerprint density at radius 1 is 0.541 bits per heavy atom. The number of hydrogen-bond acceptors (Lipinski definition) is 12. The molecule has 4 N–H and O–H groups in total. The standard InChI is InChI=1S/C39H48N4O7.C28H29N3O4/c1-38(2,3)34(41-37(48)50-39(4,5)6)36(47)42-22-21-30-33(42)28(35(46)40-29-18-12-16-26-15-10-11-17-27(26)29)23-43(30)31(44)19-20-32(45)49-24-25-13-8-7-9-14-25;32-25(13-14-26(33)35-18-19-7-2-1-3-8-19)31-17-22(27-24(31)15-16-29-27)28(34)30-23-12-6-10-20-9-4-5-11-21(20)23/h7-18,28,30,33-34H,19-24H2,1-6H3,(H,40,46)(H,41,48);1-12,22,24,27,29H,13-18H2,(H,30,34)/t28-,30+,33+,34+;22-,24+,27+/m00/s1. The van der Waals surface area contributed by atoms with Gasteiger partial charge in [-0.1, -0.05) is 154 Å². The first kappa shape index (κ1) is 60.9. The van der Waals surface area contributed by atoms with E-state index in [9.17, 15) is 38.4 Å². The molecule has 0 spiro atoms. The fraction of sp³-hybridized carbons (Fsp3) is 0.403. The second kappa shape index (κ2) is 26.9. The highest BCUT2D eigenvalue weighted by Gasteiger charge is 2.56. The van der Waals surface area contributed by atoms with Crippen LogP contribution in [-0.2, 0) is 61.0 Å². The molecule has 4 heterocycles. The lowest BCUT2D eigenvalue weighted by molar-refractivity contribution is -0.147. The Hall–Kier alpha value is -8.64. The molecule has 0 aromatic heterocycles. The van der Waals surface area contributed by atoms with Crippen LogP contribution in [0, 0.1) is 17.3 Å². The summed E-state index contributed by atoms with van der Waals surface area (Å²) in [6, 6.07) is 43.7. The summed E-state index contributed by atoms with van der Waals surface area (Å²) in [4.78, 5) is 111. The van der Waals surface area contributed by atoms with Crippen LogP contribution in [-0.4, -0.2) is 124 Å². The number of carbonyl (C=O) groups is 8. The van der Waals surface area contributed by atoms with Crippen LogP contribution in [0.3, 0.4) is 0 Å². The van der Waals surface area contributed by atoms with Crippen molar-refractivity contribution in [1.82, 2.24) is 25.3 Å². The van der Waals surface area contributed by atoms with Crippen molar-refractivity contribution in [1.29, 1.82) is 0 Å². The van der Waals surface area contributed by atoms with Crippen molar-refractivity contribution < 1.29 is 52.6 Å². The lowest BCUT2D eigenvalue weighted by atomic mass is 9.85. The average Bonchev–Trinajstić information content (AvgIpc) is 2.63. The number of hydrogen-bond donors (Lipinski definition) is 4. The zero-order valence-corrected chi connectivity index (χ0v) is 49.2. The smallest absolute Gasteiger partial charge is 0.408 e. The van der Waals surface area contributed by atoms with E-state index in [0.29, 0.717) is 18.7 Å². The number of alkyl carbamates (subject to hydrolysis) is 1. The first-order valence-corrected chi connectivity index (χ1v) is 29.3. The molecule has 0 unspecified atom stereocenters. The number of esters is 2. The van der Waals surface area contributed by atoms with Crippen molar-refractivity contribution in [3.8, 4) is 0 Å². The second-order valence-electron chi connectivity index (χ2n) is 24.3. The van der Waals surface area contributed by atoms with Crippen molar-refractivity contribution in [3.63, 3.8) is 0 Å². The Kier molecular flexibility index (Phi) is 19.3. The maximum Gasteiger partial charge on any atom is 0.408 e. The van der Waals surface area contributed by atoms with Gasteiger partial charge in [0.25, 0.3) is 0 Å². The van der Waals surface area contributed by atoms with Crippen LogP contribution in [0.15, 0.2) is 146 Å². The van der Waals surface area contributed by atoms with Crippen LogP contribution in [0.5, 0.6) is 0 Å². The number of benzene rings is 6. The lowest BCUT2D eigenvalue weighted by Crippen LogP contribution is -2.58. The van der Waals surface area contributed by atoms with E-state index in [1.54, 1.807) is 35.5 Å². The van der Waals surface area contributed by atoms with Crippen molar-refractivity contribution in [3.05, 3.63) is 157 Å². The van der Waals surface area contributed by atoms with Crippen LogP contribution in [0.2, 0.25) is 0 Å². The predicted molar refractivity (Wildman–Crippen MR) is 323 cm³/mol. The molecule has 446 valence electrons. The molecule has 0 aliphatic carbocycles. The number of amides is 6. The van der Waals surface area contributed by atoms with Gasteiger partial charge in [0, 0.05) is 66.7 Å². The van der Waals surface area contributed by atoms with E-state index in [0.717, 1.165) is 51.3 Å². The maximum absolute atomic E-state index is 14.4. The highest BCUT2D eigenvalue weighted by molar-refractivity contribution is 6.05. The molecule has 10 rings (SSSR count). The van der Waals surface area contributed by atoms with Crippen LogP contribution in [0.1, 0.15) is 91.2 Å². The molecule has 7 atom stereocenters. The van der Waals surface area contributed by atoms with Gasteiger partial charge in [0.1, 0.15) is 24.9 Å². The molecular weight excluding hydrogens is 1080 g/mol. The Morgan fingerprint density at radius 2 is 1.01 bits per heavy atom. The summed E-state index contributed by atoms with van der Waals surface area (Å²) in [7, 11) is 0. The summed E-state index contributed by atoms with van der Waals surface area (Å²) in [6.45, 7) is 12.6. The van der Waals surface area contributed by atoms with Crippen LogP contribution in [0.4, 0.5) is 16.2 Å². The van der Waals surface area contributed by atoms with E-state index in [-0.39, 0.29) is 99.5 Å². The summed E-state index contributed by atoms with van der Waals surface area (Å²) >= 11 is 0. The monoisotopic (exact) mass is 1160 g/mol. The molecule has 6 aromatic rings. The molecule has 0 radical (unpaired) electrons. The molecule has 6 amide bonds. The molecule has 85 heavy (non-hydrogen) atoms. The van der Waals surface area contributed by atoms with Crippen molar-refractivity contribution in [2.24, 2.45) is 17.3 Å². The third-order valence-electron chi connectivity index (χ3n) is 16.1. The van der Waals surface area contributed by atoms with E-state index in [4.69, 9.17) is 14.2 Å². The normalized spacial score (nSPS) is 20.1. The fourth-order valence-corrected chi connectivity index (χ4v) is 12.0. The van der Waals surface area contributed by atoms with Gasteiger partial charge in [0.2, 0.25) is 29.5 Å². The quantitative estimate of drug-likeness (QED) is 0.0526. The van der Waals surface area contributed by atoms with Gasteiger partial charge in [-0.15, -0.1) is 0 Å². The Bertz CT molecular complexity index is 3390. The van der Waals surface area contributed by atoms with E-state index >= 15 is 0 Å². The number of carbonyl (C=O) groups excluding carboxylic acids is 8. The number of rotatable bonds is 16. The minimum atomic E-state index is -0.956. The minimum Gasteiger partial charge on any atom is -0.461 e. The van der Waals surface area contributed by atoms with Gasteiger partial charge < -0.3 is 50.2 Å². The molecule has 0 saturated carbocycles. The minimum absolute atomic E-state index is 0.0276. The second-order valence-corrected chi connectivity index (χ2v) is 24.3. The molecule has 4 saturated heterocycles. The molecular formula is C67H77N7O11. The molecule has 6 aromatic carbocycles. The lowest BCUT2D eigenvalue weighted by Gasteiger charge is -2.37. The zero-order chi connectivity index (χ0) is 60.4. The van der Waals surface area contributed by atoms with Crippen LogP contribution < -0.4 is 21.3 Å². The summed E-state index contributed by atoms with van der Waals surface area (Å²) in [5, 5.41) is 16.2. The summed E-state index contributed by atoms with van der Waals surface area (Å²) < 4.78 is 16.2. The van der Waals surface area contributed by atoms with Crippen LogP contribution >= 0.6 is 0 Å². The summed E-state index contributed by atoms with van der Waals surface area (Å²) in [5.41, 5.74) is 1.70. The number of ether oxygens (including phenoxy) is 3. The molecule has 0 bridgehead atoms. The maximum atomic E-state index is 14.4.